The molecule has 1 rings (SSSR count). The third-order valence-electron chi connectivity index (χ3n) is 3.11. The van der Waals surface area contributed by atoms with E-state index < -0.39 is 10.0 Å². The third-order valence-corrected chi connectivity index (χ3v) is 5.77. The molecule has 2 N–H and O–H groups in total. The van der Waals surface area contributed by atoms with Gasteiger partial charge in [0.15, 0.2) is 0 Å². The van der Waals surface area contributed by atoms with E-state index in [0.717, 1.165) is 38.0 Å². The summed E-state index contributed by atoms with van der Waals surface area (Å²) in [5.41, 5.74) is 0. The van der Waals surface area contributed by atoms with Crippen molar-refractivity contribution in [3.05, 3.63) is 0 Å². The Morgan fingerprint density at radius 2 is 2.00 bits per heavy atom. The van der Waals surface area contributed by atoms with Crippen molar-refractivity contribution in [3.8, 4) is 0 Å². The molecule has 1 saturated carbocycles. The molecule has 0 aromatic rings. The highest BCUT2D eigenvalue weighted by atomic mass is 32.2. The molecule has 0 aliphatic heterocycles. The Kier molecular flexibility index (Phi) is 7.60. The van der Waals surface area contributed by atoms with Crippen LogP contribution in [0.25, 0.3) is 0 Å². The summed E-state index contributed by atoms with van der Waals surface area (Å²) < 4.78 is 26.6. The maximum absolute atomic E-state index is 11.9. The molecule has 0 amide bonds. The lowest BCUT2D eigenvalue weighted by Crippen LogP contribution is -2.37. The van der Waals surface area contributed by atoms with Gasteiger partial charge in [0.2, 0.25) is 10.0 Å². The van der Waals surface area contributed by atoms with Crippen LogP contribution in [-0.2, 0) is 10.0 Å². The minimum Gasteiger partial charge on any atom is -0.316 e. The smallest absolute Gasteiger partial charge is 0.213 e. The van der Waals surface area contributed by atoms with Crippen molar-refractivity contribution in [2.24, 2.45) is 0 Å². The first-order valence-electron chi connectivity index (χ1n) is 6.89. The number of thioether (sulfide) groups is 1. The van der Waals surface area contributed by atoms with Crippen LogP contribution in [0.1, 0.15) is 39.5 Å². The van der Waals surface area contributed by atoms with E-state index in [9.17, 15) is 8.42 Å². The summed E-state index contributed by atoms with van der Waals surface area (Å²) in [4.78, 5) is 0. The Hall–Kier alpha value is 0.220. The number of nitrogens with one attached hydrogen (secondary N) is 2. The van der Waals surface area contributed by atoms with E-state index >= 15 is 0 Å². The van der Waals surface area contributed by atoms with Crippen molar-refractivity contribution in [1.82, 2.24) is 10.0 Å². The largest absolute Gasteiger partial charge is 0.316 e. The van der Waals surface area contributed by atoms with E-state index in [1.54, 1.807) is 0 Å². The Morgan fingerprint density at radius 3 is 2.67 bits per heavy atom. The van der Waals surface area contributed by atoms with Crippen LogP contribution in [-0.4, -0.2) is 44.3 Å². The highest BCUT2D eigenvalue weighted by molar-refractivity contribution is 7.99. The minimum absolute atomic E-state index is 0.158. The van der Waals surface area contributed by atoms with Crippen LogP contribution in [0.15, 0.2) is 0 Å². The topological polar surface area (TPSA) is 58.2 Å². The lowest BCUT2D eigenvalue weighted by molar-refractivity contribution is 0.549. The van der Waals surface area contributed by atoms with Crippen LogP contribution in [0.4, 0.5) is 0 Å². The van der Waals surface area contributed by atoms with Crippen molar-refractivity contribution in [1.29, 1.82) is 0 Å². The predicted molar refractivity (Wildman–Crippen MR) is 79.6 cm³/mol. The van der Waals surface area contributed by atoms with Gasteiger partial charge in [-0.3, -0.25) is 0 Å². The van der Waals surface area contributed by atoms with Gasteiger partial charge in [-0.1, -0.05) is 13.8 Å². The van der Waals surface area contributed by atoms with Gasteiger partial charge < -0.3 is 5.32 Å². The summed E-state index contributed by atoms with van der Waals surface area (Å²) in [6, 6.07) is 0.158. The molecule has 0 heterocycles. The lowest BCUT2D eigenvalue weighted by atomic mass is 10.3. The fourth-order valence-corrected chi connectivity index (χ4v) is 4.65. The van der Waals surface area contributed by atoms with Crippen molar-refractivity contribution < 1.29 is 8.42 Å². The molecule has 108 valence electrons. The first kappa shape index (κ1) is 16.3. The molecule has 0 radical (unpaired) electrons. The molecule has 0 bridgehead atoms. The molecule has 2 unspecified atom stereocenters. The Morgan fingerprint density at radius 1 is 1.22 bits per heavy atom. The number of hydrogen-bond donors (Lipinski definition) is 2. The zero-order valence-corrected chi connectivity index (χ0v) is 13.1. The monoisotopic (exact) mass is 294 g/mol. The molecule has 1 fully saturated rings. The van der Waals surface area contributed by atoms with Gasteiger partial charge in [-0.25, -0.2) is 13.1 Å². The number of rotatable bonds is 9. The number of hydrogen-bond acceptors (Lipinski definition) is 4. The summed E-state index contributed by atoms with van der Waals surface area (Å²) in [5, 5.41) is 3.76. The molecule has 6 heteroatoms. The van der Waals surface area contributed by atoms with E-state index in [1.165, 1.54) is 0 Å². The summed E-state index contributed by atoms with van der Waals surface area (Å²) in [6.07, 6.45) is 4.14. The maximum atomic E-state index is 11.9. The fraction of sp³-hybridized carbons (Fsp3) is 1.00. The number of sulfonamides is 1. The van der Waals surface area contributed by atoms with Crippen LogP contribution in [0.5, 0.6) is 0 Å². The molecule has 4 nitrogen and oxygen atoms in total. The SMILES string of the molecule is CCCNCCS(=O)(=O)NC1CCC(SCC)C1. The normalized spacial score (nSPS) is 24.6. The lowest BCUT2D eigenvalue weighted by Gasteiger charge is -2.13. The van der Waals surface area contributed by atoms with Crippen molar-refractivity contribution in [2.45, 2.75) is 50.8 Å². The highest BCUT2D eigenvalue weighted by Crippen LogP contribution is 2.29. The summed E-state index contributed by atoms with van der Waals surface area (Å²) >= 11 is 1.95. The van der Waals surface area contributed by atoms with Crippen LogP contribution in [0, 0.1) is 0 Å². The van der Waals surface area contributed by atoms with Gasteiger partial charge in [0.05, 0.1) is 5.75 Å². The molecule has 1 aliphatic rings. The highest BCUT2D eigenvalue weighted by Gasteiger charge is 2.27. The zero-order chi connectivity index (χ0) is 13.4. The average Bonchev–Trinajstić information content (AvgIpc) is 2.72. The van der Waals surface area contributed by atoms with Gasteiger partial charge in [0, 0.05) is 17.8 Å². The average molecular weight is 294 g/mol. The van der Waals surface area contributed by atoms with Crippen molar-refractivity contribution >= 4 is 21.8 Å². The van der Waals surface area contributed by atoms with Gasteiger partial charge in [-0.2, -0.15) is 11.8 Å². The minimum atomic E-state index is -3.11. The van der Waals surface area contributed by atoms with E-state index in [1.807, 2.05) is 11.8 Å². The molecule has 0 saturated heterocycles. The molecule has 2 atom stereocenters. The second-order valence-corrected chi connectivity index (χ2v) is 8.22. The van der Waals surface area contributed by atoms with E-state index in [-0.39, 0.29) is 11.8 Å². The van der Waals surface area contributed by atoms with Crippen molar-refractivity contribution in [2.75, 3.05) is 24.6 Å². The molecule has 0 aromatic carbocycles. The van der Waals surface area contributed by atoms with Gasteiger partial charge in [0.1, 0.15) is 0 Å². The van der Waals surface area contributed by atoms with Crippen LogP contribution >= 0.6 is 11.8 Å². The van der Waals surface area contributed by atoms with Gasteiger partial charge >= 0.3 is 0 Å². The molecular weight excluding hydrogens is 268 g/mol. The van der Waals surface area contributed by atoms with E-state index in [0.29, 0.717) is 11.8 Å². The molecule has 1 aliphatic carbocycles. The molecule has 18 heavy (non-hydrogen) atoms. The van der Waals surface area contributed by atoms with Crippen LogP contribution in [0.2, 0.25) is 0 Å². The first-order valence-corrected chi connectivity index (χ1v) is 9.59. The Balaban J connectivity index is 2.24. The maximum Gasteiger partial charge on any atom is 0.213 e. The molecular formula is C12H26N2O2S2. The van der Waals surface area contributed by atoms with E-state index in [2.05, 4.69) is 23.9 Å². The van der Waals surface area contributed by atoms with Gasteiger partial charge in [-0.05, 0) is 38.0 Å². The predicted octanol–water partition coefficient (Wildman–Crippen LogP) is 1.58. The third kappa shape index (κ3) is 6.41. The first-order chi connectivity index (χ1) is 8.57. The Labute approximate surface area is 116 Å². The summed E-state index contributed by atoms with van der Waals surface area (Å²) in [6.45, 7) is 5.66. The quantitative estimate of drug-likeness (QED) is 0.634. The second kappa shape index (κ2) is 8.40. The molecule has 0 aromatic heterocycles. The van der Waals surface area contributed by atoms with Crippen LogP contribution in [0.3, 0.4) is 0 Å². The molecule has 0 spiro atoms. The summed E-state index contributed by atoms with van der Waals surface area (Å²) in [5.74, 6) is 1.31. The Bertz CT molecular complexity index is 320. The fourth-order valence-electron chi connectivity index (χ4n) is 2.26. The van der Waals surface area contributed by atoms with Gasteiger partial charge in [-0.15, -0.1) is 0 Å². The van der Waals surface area contributed by atoms with Crippen molar-refractivity contribution in [3.63, 3.8) is 0 Å². The second-order valence-electron chi connectivity index (χ2n) is 4.77. The van der Waals surface area contributed by atoms with E-state index in [4.69, 9.17) is 0 Å². The van der Waals surface area contributed by atoms with Gasteiger partial charge in [0.25, 0.3) is 0 Å². The van der Waals surface area contributed by atoms with Crippen LogP contribution < -0.4 is 10.0 Å². The summed E-state index contributed by atoms with van der Waals surface area (Å²) in [7, 11) is -3.11. The standard InChI is InChI=1S/C12H26N2O2S2/c1-3-7-13-8-9-18(15,16)14-11-5-6-12(10-11)17-4-2/h11-14H,3-10H2,1-2H3. The zero-order valence-electron chi connectivity index (χ0n) is 11.4.